The van der Waals surface area contributed by atoms with E-state index in [0.717, 1.165) is 12.8 Å². The van der Waals surface area contributed by atoms with Crippen LogP contribution in [0.15, 0.2) is 60.3 Å². The highest BCUT2D eigenvalue weighted by Crippen LogP contribution is 2.32. The predicted octanol–water partition coefficient (Wildman–Crippen LogP) is 5.49. The van der Waals surface area contributed by atoms with E-state index in [1.54, 1.807) is 6.92 Å². The molecule has 0 atom stereocenters. The van der Waals surface area contributed by atoms with Gasteiger partial charge in [-0.25, -0.2) is 0 Å². The van der Waals surface area contributed by atoms with Gasteiger partial charge in [-0.2, -0.15) is 13.2 Å². The summed E-state index contributed by atoms with van der Waals surface area (Å²) in [7, 11) is 0. The Balaban J connectivity index is 2.54. The van der Waals surface area contributed by atoms with Crippen LogP contribution in [0, 0.1) is 6.92 Å². The summed E-state index contributed by atoms with van der Waals surface area (Å²) in [4.78, 5) is 0. The number of allylic oxidation sites excluding steroid dienone is 2. The zero-order valence-corrected chi connectivity index (χ0v) is 13.8. The lowest BCUT2D eigenvalue weighted by Gasteiger charge is -2.18. The van der Waals surface area contributed by atoms with Crippen molar-refractivity contribution in [1.29, 1.82) is 0 Å². The molecule has 4 heteroatoms. The molecule has 126 valence electrons. The summed E-state index contributed by atoms with van der Waals surface area (Å²) in [5.41, 5.74) is 1.90. The van der Waals surface area contributed by atoms with Crippen LogP contribution < -0.4 is 5.32 Å². The molecule has 0 radical (unpaired) electrons. The van der Waals surface area contributed by atoms with Gasteiger partial charge in [0.1, 0.15) is 0 Å². The maximum Gasteiger partial charge on any atom is 0.416 e. The summed E-state index contributed by atoms with van der Waals surface area (Å²) in [6.07, 6.45) is -0.747. The minimum Gasteiger partial charge on any atom is -0.385 e. The zero-order valence-electron chi connectivity index (χ0n) is 13.8. The number of hydrogen-bond donors (Lipinski definition) is 1. The van der Waals surface area contributed by atoms with Crippen molar-refractivity contribution in [2.45, 2.75) is 39.3 Å². The molecule has 0 aliphatic carbocycles. The van der Waals surface area contributed by atoms with Gasteiger partial charge in [0.2, 0.25) is 0 Å². The van der Waals surface area contributed by atoms with E-state index < -0.39 is 11.7 Å². The summed E-state index contributed by atoms with van der Waals surface area (Å²) < 4.78 is 38.5. The molecular formula is C19H24F3N. The Hall–Kier alpha value is -1.97. The second-order valence-electron chi connectivity index (χ2n) is 5.50. The van der Waals surface area contributed by atoms with Crippen molar-refractivity contribution in [3.05, 3.63) is 71.5 Å². The first-order chi connectivity index (χ1) is 10.8. The largest absolute Gasteiger partial charge is 0.416 e. The first-order valence-electron chi connectivity index (χ1n) is 7.71. The smallest absolute Gasteiger partial charge is 0.385 e. The molecule has 0 fully saturated rings. The number of nitrogens with one attached hydrogen (secondary N) is 1. The van der Waals surface area contributed by atoms with Crippen molar-refractivity contribution in [1.82, 2.24) is 5.32 Å². The Labute approximate surface area is 136 Å². The molecule has 0 aliphatic heterocycles. The fraction of sp³-hybridized carbons (Fsp3) is 0.368. The third-order valence-corrected chi connectivity index (χ3v) is 3.46. The zero-order chi connectivity index (χ0) is 17.5. The van der Waals surface area contributed by atoms with E-state index in [4.69, 9.17) is 0 Å². The third kappa shape index (κ3) is 6.35. The molecule has 23 heavy (non-hydrogen) atoms. The number of aryl methyl sites for hydroxylation is 2. The minimum absolute atomic E-state index is 0.0514. The summed E-state index contributed by atoms with van der Waals surface area (Å²) in [6.45, 7) is 11.3. The van der Waals surface area contributed by atoms with Crippen LogP contribution in [-0.2, 0) is 6.42 Å². The Morgan fingerprint density at radius 1 is 1.26 bits per heavy atom. The number of hydrogen-bond acceptors (Lipinski definition) is 1. The van der Waals surface area contributed by atoms with Gasteiger partial charge in [0.05, 0.1) is 5.57 Å². The van der Waals surface area contributed by atoms with Crippen LogP contribution in [0.3, 0.4) is 0 Å². The second kappa shape index (κ2) is 8.61. The molecule has 0 saturated heterocycles. The molecule has 0 heterocycles. The minimum atomic E-state index is -4.44. The highest BCUT2D eigenvalue weighted by molar-refractivity contribution is 5.45. The van der Waals surface area contributed by atoms with Gasteiger partial charge in [-0.05, 0) is 31.7 Å². The Morgan fingerprint density at radius 2 is 1.96 bits per heavy atom. The van der Waals surface area contributed by atoms with Gasteiger partial charge in [0.25, 0.3) is 0 Å². The van der Waals surface area contributed by atoms with Crippen LogP contribution in [0.5, 0.6) is 0 Å². The lowest BCUT2D eigenvalue weighted by atomic mass is 10.0. The van der Waals surface area contributed by atoms with E-state index in [1.807, 2.05) is 19.1 Å². The topological polar surface area (TPSA) is 12.0 Å². The molecule has 1 N–H and O–H groups in total. The summed E-state index contributed by atoms with van der Waals surface area (Å²) in [5, 5.41) is 2.98. The van der Waals surface area contributed by atoms with Crippen LogP contribution in [0.2, 0.25) is 0 Å². The maximum atomic E-state index is 12.8. The third-order valence-electron chi connectivity index (χ3n) is 3.46. The lowest BCUT2D eigenvalue weighted by molar-refractivity contribution is -0.0888. The average Bonchev–Trinajstić information content (AvgIpc) is 2.47. The van der Waals surface area contributed by atoms with Crippen LogP contribution in [0.1, 0.15) is 30.9 Å². The van der Waals surface area contributed by atoms with E-state index in [2.05, 4.69) is 30.6 Å². The molecule has 0 saturated carbocycles. The number of rotatable bonds is 8. The molecule has 1 aromatic carbocycles. The van der Waals surface area contributed by atoms with Gasteiger partial charge in [-0.3, -0.25) is 0 Å². The van der Waals surface area contributed by atoms with Crippen LogP contribution in [0.25, 0.3) is 0 Å². The van der Waals surface area contributed by atoms with Gasteiger partial charge < -0.3 is 5.32 Å². The monoisotopic (exact) mass is 323 g/mol. The molecule has 0 unspecified atom stereocenters. The molecule has 1 aromatic rings. The molecule has 0 spiro atoms. The normalized spacial score (nSPS) is 12.1. The van der Waals surface area contributed by atoms with Crippen LogP contribution >= 0.6 is 0 Å². The molecule has 0 amide bonds. The highest BCUT2D eigenvalue weighted by Gasteiger charge is 2.34. The SMILES string of the molecule is C=C(NCCCc1cccc(C)c1)/C(=C/CC)C(=C)C(F)(F)F. The fourth-order valence-electron chi connectivity index (χ4n) is 2.28. The van der Waals surface area contributed by atoms with E-state index >= 15 is 0 Å². The van der Waals surface area contributed by atoms with Crippen LogP contribution in [0.4, 0.5) is 13.2 Å². The van der Waals surface area contributed by atoms with Crippen molar-refractivity contribution in [3.63, 3.8) is 0 Å². The van der Waals surface area contributed by atoms with Crippen molar-refractivity contribution in [2.24, 2.45) is 0 Å². The van der Waals surface area contributed by atoms with E-state index in [9.17, 15) is 13.2 Å². The standard InChI is InChI=1S/C19H24F3N/c1-5-8-18(15(3)19(20,21)22)16(4)23-12-7-11-17-10-6-9-14(2)13-17/h6,8-10,13,23H,3-5,7,11-12H2,1-2H3/b18-8+. The van der Waals surface area contributed by atoms with Gasteiger partial charge in [0.15, 0.2) is 0 Å². The molecule has 0 bridgehead atoms. The number of benzene rings is 1. The number of halogens is 3. The van der Waals surface area contributed by atoms with Crippen molar-refractivity contribution >= 4 is 0 Å². The van der Waals surface area contributed by atoms with Crippen molar-refractivity contribution in [2.75, 3.05) is 6.54 Å². The Kier molecular flexibility index (Phi) is 7.14. The Bertz CT molecular complexity index is 583. The van der Waals surface area contributed by atoms with Crippen molar-refractivity contribution in [3.8, 4) is 0 Å². The molecule has 0 aromatic heterocycles. The van der Waals surface area contributed by atoms with Crippen LogP contribution in [-0.4, -0.2) is 12.7 Å². The number of alkyl halides is 3. The molecular weight excluding hydrogens is 299 g/mol. The quantitative estimate of drug-likeness (QED) is 0.493. The van der Waals surface area contributed by atoms with Gasteiger partial charge >= 0.3 is 6.18 Å². The maximum absolute atomic E-state index is 12.8. The predicted molar refractivity (Wildman–Crippen MR) is 90.2 cm³/mol. The fourth-order valence-corrected chi connectivity index (χ4v) is 2.28. The first kappa shape index (κ1) is 19.1. The van der Waals surface area contributed by atoms with E-state index in [-0.39, 0.29) is 11.3 Å². The van der Waals surface area contributed by atoms with Gasteiger partial charge in [-0.1, -0.05) is 56.0 Å². The average molecular weight is 323 g/mol. The van der Waals surface area contributed by atoms with Crippen molar-refractivity contribution < 1.29 is 13.2 Å². The van der Waals surface area contributed by atoms with Gasteiger partial charge in [0, 0.05) is 17.8 Å². The van der Waals surface area contributed by atoms with E-state index in [0.29, 0.717) is 13.0 Å². The highest BCUT2D eigenvalue weighted by atomic mass is 19.4. The Morgan fingerprint density at radius 3 is 2.52 bits per heavy atom. The van der Waals surface area contributed by atoms with Gasteiger partial charge in [-0.15, -0.1) is 0 Å². The second-order valence-corrected chi connectivity index (χ2v) is 5.50. The summed E-state index contributed by atoms with van der Waals surface area (Å²) in [6, 6.07) is 8.21. The molecule has 1 nitrogen and oxygen atoms in total. The summed E-state index contributed by atoms with van der Waals surface area (Å²) >= 11 is 0. The van der Waals surface area contributed by atoms with E-state index in [1.165, 1.54) is 17.2 Å². The molecule has 1 rings (SSSR count). The lowest BCUT2D eigenvalue weighted by Crippen LogP contribution is -2.21. The molecule has 0 aliphatic rings. The first-order valence-corrected chi connectivity index (χ1v) is 7.71. The summed E-state index contributed by atoms with van der Waals surface area (Å²) in [5.74, 6) is 0.